The van der Waals surface area contributed by atoms with Crippen molar-refractivity contribution in [2.24, 2.45) is 0 Å². The quantitative estimate of drug-likeness (QED) is 0.748. The Morgan fingerprint density at radius 3 is 2.46 bits per heavy atom. The zero-order valence-corrected chi connectivity index (χ0v) is 13.6. The molecule has 0 bridgehead atoms. The fourth-order valence-electron chi connectivity index (χ4n) is 2.34. The second-order valence-electron chi connectivity index (χ2n) is 5.38. The van der Waals surface area contributed by atoms with E-state index in [1.807, 2.05) is 30.3 Å². The van der Waals surface area contributed by atoms with Crippen molar-refractivity contribution in [3.63, 3.8) is 0 Å². The topological polar surface area (TPSA) is 29.1 Å². The van der Waals surface area contributed by atoms with E-state index in [0.29, 0.717) is 16.8 Å². The van der Waals surface area contributed by atoms with E-state index in [0.717, 1.165) is 5.56 Å². The first kappa shape index (κ1) is 17.4. The highest BCUT2D eigenvalue weighted by molar-refractivity contribution is 5.85. The van der Waals surface area contributed by atoms with Crippen molar-refractivity contribution in [1.82, 2.24) is 5.32 Å². The Bertz CT molecular complexity index is 778. The van der Waals surface area contributed by atoms with Gasteiger partial charge in [-0.1, -0.05) is 61.7 Å². The van der Waals surface area contributed by atoms with Gasteiger partial charge in [0.25, 0.3) is 0 Å². The minimum atomic E-state index is -0.488. The third-order valence-corrected chi connectivity index (χ3v) is 3.76. The zero-order valence-electron chi connectivity index (χ0n) is 13.6. The van der Waals surface area contributed by atoms with E-state index in [-0.39, 0.29) is 11.7 Å². The van der Waals surface area contributed by atoms with E-state index in [4.69, 9.17) is 0 Å². The van der Waals surface area contributed by atoms with Gasteiger partial charge in [-0.15, -0.1) is 0 Å². The van der Waals surface area contributed by atoms with Crippen LogP contribution < -0.4 is 5.32 Å². The first-order valence-corrected chi connectivity index (χ1v) is 7.67. The van der Waals surface area contributed by atoms with E-state index in [9.17, 15) is 9.18 Å². The minimum absolute atomic E-state index is 0.227. The van der Waals surface area contributed by atoms with Crippen molar-refractivity contribution in [3.05, 3.63) is 97.0 Å². The third kappa shape index (κ3) is 4.07. The number of carbonyl (C=O) groups is 1. The number of amides is 1. The van der Waals surface area contributed by atoms with E-state index in [2.05, 4.69) is 18.5 Å². The van der Waals surface area contributed by atoms with Crippen molar-refractivity contribution in [2.75, 3.05) is 0 Å². The van der Waals surface area contributed by atoms with Gasteiger partial charge < -0.3 is 5.32 Å². The molecule has 24 heavy (non-hydrogen) atoms. The van der Waals surface area contributed by atoms with E-state index >= 15 is 0 Å². The lowest BCUT2D eigenvalue weighted by Gasteiger charge is -2.14. The van der Waals surface area contributed by atoms with Crippen LogP contribution in [0.4, 0.5) is 4.39 Å². The predicted octanol–water partition coefficient (Wildman–Crippen LogP) is 4.97. The maximum absolute atomic E-state index is 14.4. The van der Waals surface area contributed by atoms with Crippen LogP contribution in [0.15, 0.2) is 85.6 Å². The standard InChI is InChI=1S/C21H20FNO/c1-4-9-18(5-2)23-21(24)15(3)17-12-13-19(20(22)14-17)16-10-7-6-8-11-16/h4-15H,1-2H2,3H3,(H,23,24)/b18-9+. The molecule has 0 aliphatic heterocycles. The summed E-state index contributed by atoms with van der Waals surface area (Å²) in [6, 6.07) is 14.2. The number of allylic oxidation sites excluding steroid dienone is 3. The molecule has 0 fully saturated rings. The van der Waals surface area contributed by atoms with Gasteiger partial charge >= 0.3 is 0 Å². The van der Waals surface area contributed by atoms with E-state index in [1.54, 1.807) is 31.2 Å². The molecule has 1 N–H and O–H groups in total. The first-order chi connectivity index (χ1) is 11.6. The summed E-state index contributed by atoms with van der Waals surface area (Å²) in [4.78, 5) is 12.3. The molecule has 2 rings (SSSR count). The van der Waals surface area contributed by atoms with Crippen LogP contribution in [-0.4, -0.2) is 5.91 Å². The Morgan fingerprint density at radius 1 is 1.17 bits per heavy atom. The predicted molar refractivity (Wildman–Crippen MR) is 96.9 cm³/mol. The number of nitrogens with one attached hydrogen (secondary N) is 1. The highest BCUT2D eigenvalue weighted by Gasteiger charge is 2.17. The van der Waals surface area contributed by atoms with Gasteiger partial charge in [-0.3, -0.25) is 4.79 Å². The summed E-state index contributed by atoms with van der Waals surface area (Å²) in [5.41, 5.74) is 2.50. The molecule has 122 valence electrons. The second-order valence-corrected chi connectivity index (χ2v) is 5.38. The summed E-state index contributed by atoms with van der Waals surface area (Å²) < 4.78 is 14.4. The minimum Gasteiger partial charge on any atom is -0.326 e. The average Bonchev–Trinajstić information content (AvgIpc) is 2.61. The summed E-state index contributed by atoms with van der Waals surface area (Å²) in [5, 5.41) is 2.74. The second kappa shape index (κ2) is 8.06. The van der Waals surface area contributed by atoms with Gasteiger partial charge in [0.15, 0.2) is 0 Å². The molecular weight excluding hydrogens is 301 g/mol. The van der Waals surface area contributed by atoms with E-state index in [1.165, 1.54) is 12.1 Å². The summed E-state index contributed by atoms with van der Waals surface area (Å²) in [6.07, 6.45) is 4.75. The van der Waals surface area contributed by atoms with Gasteiger partial charge in [0.1, 0.15) is 5.82 Å². The van der Waals surface area contributed by atoms with Crippen molar-refractivity contribution in [2.45, 2.75) is 12.8 Å². The third-order valence-electron chi connectivity index (χ3n) is 3.76. The maximum atomic E-state index is 14.4. The molecule has 0 aliphatic rings. The fraction of sp³-hybridized carbons (Fsp3) is 0.0952. The van der Waals surface area contributed by atoms with Crippen molar-refractivity contribution in [3.8, 4) is 11.1 Å². The number of hydrogen-bond acceptors (Lipinski definition) is 1. The smallest absolute Gasteiger partial charge is 0.231 e. The molecule has 2 aromatic carbocycles. The lowest BCUT2D eigenvalue weighted by atomic mass is 9.96. The molecule has 2 nitrogen and oxygen atoms in total. The van der Waals surface area contributed by atoms with Crippen LogP contribution in [-0.2, 0) is 4.79 Å². The Hall–Kier alpha value is -2.94. The average molecular weight is 321 g/mol. The number of benzene rings is 2. The summed E-state index contributed by atoms with van der Waals surface area (Å²) in [6.45, 7) is 8.95. The number of carbonyl (C=O) groups excluding carboxylic acids is 1. The zero-order chi connectivity index (χ0) is 17.5. The molecule has 1 amide bonds. The van der Waals surface area contributed by atoms with Gasteiger partial charge in [-0.2, -0.15) is 0 Å². The molecule has 0 saturated heterocycles. The van der Waals surface area contributed by atoms with Gasteiger partial charge in [-0.25, -0.2) is 4.39 Å². The highest BCUT2D eigenvalue weighted by atomic mass is 19.1. The van der Waals surface area contributed by atoms with Crippen molar-refractivity contribution >= 4 is 5.91 Å². The van der Waals surface area contributed by atoms with Crippen LogP contribution in [0.3, 0.4) is 0 Å². The van der Waals surface area contributed by atoms with Gasteiger partial charge in [-0.05, 0) is 36.3 Å². The van der Waals surface area contributed by atoms with Crippen LogP contribution in [0, 0.1) is 5.82 Å². The molecule has 0 aromatic heterocycles. The van der Waals surface area contributed by atoms with Gasteiger partial charge in [0.2, 0.25) is 5.91 Å². The Labute approximate surface area is 142 Å². The number of hydrogen-bond donors (Lipinski definition) is 1. The molecule has 0 spiro atoms. The Kier molecular flexibility index (Phi) is 5.85. The molecule has 3 heteroatoms. The summed E-state index contributed by atoms with van der Waals surface area (Å²) in [5.74, 6) is -1.06. The lowest BCUT2D eigenvalue weighted by molar-refractivity contribution is -0.121. The van der Waals surface area contributed by atoms with Crippen LogP contribution in [0.1, 0.15) is 18.4 Å². The highest BCUT2D eigenvalue weighted by Crippen LogP contribution is 2.26. The summed E-state index contributed by atoms with van der Waals surface area (Å²) >= 11 is 0. The van der Waals surface area contributed by atoms with Crippen molar-refractivity contribution < 1.29 is 9.18 Å². The normalized spacial score (nSPS) is 12.3. The van der Waals surface area contributed by atoms with Crippen LogP contribution >= 0.6 is 0 Å². The molecule has 0 radical (unpaired) electrons. The Morgan fingerprint density at radius 2 is 1.88 bits per heavy atom. The summed E-state index contributed by atoms with van der Waals surface area (Å²) in [7, 11) is 0. The van der Waals surface area contributed by atoms with Gasteiger partial charge in [0.05, 0.1) is 5.92 Å². The Balaban J connectivity index is 2.22. The lowest BCUT2D eigenvalue weighted by Crippen LogP contribution is -2.26. The molecule has 1 atom stereocenters. The number of rotatable bonds is 6. The van der Waals surface area contributed by atoms with Crippen LogP contribution in [0.2, 0.25) is 0 Å². The number of halogens is 1. The monoisotopic (exact) mass is 321 g/mol. The molecule has 0 saturated carbocycles. The van der Waals surface area contributed by atoms with Crippen molar-refractivity contribution in [1.29, 1.82) is 0 Å². The SMILES string of the molecule is C=C/C=C(\C=C)NC(=O)C(C)c1ccc(-c2ccccc2)c(F)c1. The molecule has 2 aromatic rings. The molecule has 1 unspecified atom stereocenters. The molecule has 0 aliphatic carbocycles. The van der Waals surface area contributed by atoms with Gasteiger partial charge in [0, 0.05) is 11.3 Å². The van der Waals surface area contributed by atoms with Crippen LogP contribution in [0.25, 0.3) is 11.1 Å². The first-order valence-electron chi connectivity index (χ1n) is 7.67. The largest absolute Gasteiger partial charge is 0.326 e. The fourth-order valence-corrected chi connectivity index (χ4v) is 2.34. The molecular formula is C21H20FNO. The maximum Gasteiger partial charge on any atom is 0.231 e. The van der Waals surface area contributed by atoms with Crippen LogP contribution in [0.5, 0.6) is 0 Å². The molecule has 0 heterocycles. The van der Waals surface area contributed by atoms with E-state index < -0.39 is 5.92 Å².